The van der Waals surface area contributed by atoms with E-state index in [4.69, 9.17) is 4.74 Å². The number of halogens is 1. The van der Waals surface area contributed by atoms with Gasteiger partial charge in [-0.3, -0.25) is 0 Å². The molecule has 6 heteroatoms. The van der Waals surface area contributed by atoms with Crippen molar-refractivity contribution in [3.8, 4) is 0 Å². The highest BCUT2D eigenvalue weighted by molar-refractivity contribution is 5.68. The number of nitrogens with one attached hydrogen (secondary N) is 1. The van der Waals surface area contributed by atoms with E-state index in [0.717, 1.165) is 5.56 Å². The fraction of sp³-hybridized carbons (Fsp3) is 0.611. The molecule has 0 unspecified atom stereocenters. The molecule has 2 N–H and O–H groups in total. The zero-order valence-corrected chi connectivity index (χ0v) is 14.6. The van der Waals surface area contributed by atoms with Crippen LogP contribution in [0.1, 0.15) is 39.2 Å². The highest BCUT2D eigenvalue weighted by Crippen LogP contribution is 2.23. The number of amides is 1. The summed E-state index contributed by atoms with van der Waals surface area (Å²) in [5.74, 6) is -0.258. The Kier molecular flexibility index (Phi) is 5.83. The van der Waals surface area contributed by atoms with Crippen molar-refractivity contribution in [2.45, 2.75) is 51.4 Å². The van der Waals surface area contributed by atoms with Gasteiger partial charge in [0.25, 0.3) is 0 Å². The molecule has 1 heterocycles. The van der Waals surface area contributed by atoms with Crippen LogP contribution in [0.25, 0.3) is 0 Å². The highest BCUT2D eigenvalue weighted by atomic mass is 19.1. The number of ether oxygens (including phenoxy) is 1. The van der Waals surface area contributed by atoms with Gasteiger partial charge in [-0.05, 0) is 51.3 Å². The van der Waals surface area contributed by atoms with Gasteiger partial charge in [-0.1, -0.05) is 12.1 Å². The van der Waals surface area contributed by atoms with E-state index in [9.17, 15) is 14.3 Å². The zero-order chi connectivity index (χ0) is 17.8. The third-order valence-corrected chi connectivity index (χ3v) is 4.04. The molecule has 1 saturated heterocycles. The minimum Gasteiger partial charge on any atom is -0.444 e. The Morgan fingerprint density at radius 3 is 2.42 bits per heavy atom. The van der Waals surface area contributed by atoms with Crippen LogP contribution in [0.2, 0.25) is 0 Å². The molecule has 1 amide bonds. The summed E-state index contributed by atoms with van der Waals surface area (Å²) in [4.78, 5) is 13.7. The molecule has 0 spiro atoms. The average Bonchev–Trinajstić information content (AvgIpc) is 2.48. The Balaban J connectivity index is 1.75. The first-order chi connectivity index (χ1) is 11.2. The molecular weight excluding hydrogens is 311 g/mol. The Morgan fingerprint density at radius 2 is 1.88 bits per heavy atom. The molecule has 0 bridgehead atoms. The van der Waals surface area contributed by atoms with Crippen molar-refractivity contribution < 1.29 is 19.0 Å². The van der Waals surface area contributed by atoms with Crippen molar-refractivity contribution in [2.24, 2.45) is 0 Å². The summed E-state index contributed by atoms with van der Waals surface area (Å²) >= 11 is 0. The summed E-state index contributed by atoms with van der Waals surface area (Å²) in [6.07, 6.45) is 0.675. The number of piperidine rings is 1. The van der Waals surface area contributed by atoms with Gasteiger partial charge in [0.05, 0.1) is 5.60 Å². The number of hydrogen-bond donors (Lipinski definition) is 2. The molecule has 0 atom stereocenters. The van der Waals surface area contributed by atoms with E-state index in [2.05, 4.69) is 5.32 Å². The summed E-state index contributed by atoms with van der Waals surface area (Å²) in [5.41, 5.74) is -0.383. The van der Waals surface area contributed by atoms with Crippen LogP contribution in [-0.4, -0.2) is 46.9 Å². The molecule has 24 heavy (non-hydrogen) atoms. The maximum Gasteiger partial charge on any atom is 0.410 e. The second-order valence-electron chi connectivity index (χ2n) is 7.42. The van der Waals surface area contributed by atoms with Crippen molar-refractivity contribution >= 4 is 6.09 Å². The van der Waals surface area contributed by atoms with E-state index in [1.54, 1.807) is 17.0 Å². The molecule has 1 aromatic carbocycles. The van der Waals surface area contributed by atoms with Gasteiger partial charge in [0, 0.05) is 26.2 Å². The topological polar surface area (TPSA) is 61.8 Å². The lowest BCUT2D eigenvalue weighted by atomic mass is 9.91. The van der Waals surface area contributed by atoms with Crippen molar-refractivity contribution in [3.63, 3.8) is 0 Å². The van der Waals surface area contributed by atoms with Crippen molar-refractivity contribution in [1.29, 1.82) is 0 Å². The van der Waals surface area contributed by atoms with E-state index in [1.165, 1.54) is 12.1 Å². The van der Waals surface area contributed by atoms with Crippen LogP contribution in [0.4, 0.5) is 9.18 Å². The van der Waals surface area contributed by atoms with Crippen molar-refractivity contribution in [1.82, 2.24) is 10.2 Å². The number of carbonyl (C=O) groups excluding carboxylic acids is 1. The first kappa shape index (κ1) is 18.7. The van der Waals surface area contributed by atoms with E-state index in [-0.39, 0.29) is 11.9 Å². The lowest BCUT2D eigenvalue weighted by molar-refractivity contribution is -0.0310. The number of aliphatic hydroxyl groups is 1. The monoisotopic (exact) mass is 338 g/mol. The quantitative estimate of drug-likeness (QED) is 0.886. The van der Waals surface area contributed by atoms with E-state index in [1.807, 2.05) is 20.8 Å². The first-order valence-corrected chi connectivity index (χ1v) is 8.32. The maximum absolute atomic E-state index is 12.9. The van der Waals surface area contributed by atoms with E-state index >= 15 is 0 Å². The minimum absolute atomic E-state index is 0.258. The summed E-state index contributed by atoms with van der Waals surface area (Å²) in [6.45, 7) is 7.47. The Hall–Kier alpha value is -1.66. The third-order valence-electron chi connectivity index (χ3n) is 4.04. The number of benzene rings is 1. The molecule has 1 aromatic rings. The largest absolute Gasteiger partial charge is 0.444 e. The normalized spacial score (nSPS) is 17.6. The maximum atomic E-state index is 12.9. The lowest BCUT2D eigenvalue weighted by Gasteiger charge is -2.38. The number of hydrogen-bond acceptors (Lipinski definition) is 4. The van der Waals surface area contributed by atoms with Gasteiger partial charge in [-0.25, -0.2) is 9.18 Å². The fourth-order valence-corrected chi connectivity index (χ4v) is 2.65. The smallest absolute Gasteiger partial charge is 0.410 e. The van der Waals surface area contributed by atoms with E-state index in [0.29, 0.717) is 39.0 Å². The predicted molar refractivity (Wildman–Crippen MR) is 90.1 cm³/mol. The molecule has 1 fully saturated rings. The molecule has 1 aliphatic heterocycles. The molecule has 0 aromatic heterocycles. The zero-order valence-electron chi connectivity index (χ0n) is 14.6. The third kappa shape index (κ3) is 5.76. The van der Waals surface area contributed by atoms with Crippen LogP contribution in [0.15, 0.2) is 24.3 Å². The predicted octanol–water partition coefficient (Wildman–Crippen LogP) is 2.68. The van der Waals surface area contributed by atoms with Gasteiger partial charge in [-0.15, -0.1) is 0 Å². The number of rotatable bonds is 4. The van der Waals surface area contributed by atoms with Gasteiger partial charge in [0.2, 0.25) is 0 Å². The lowest BCUT2D eigenvalue weighted by Crippen LogP contribution is -2.51. The molecule has 134 valence electrons. The van der Waals surface area contributed by atoms with E-state index < -0.39 is 11.2 Å². The molecule has 0 saturated carbocycles. The summed E-state index contributed by atoms with van der Waals surface area (Å²) in [6, 6.07) is 6.28. The fourth-order valence-electron chi connectivity index (χ4n) is 2.65. The molecule has 0 radical (unpaired) electrons. The molecular formula is C18H27FN2O3. The van der Waals surface area contributed by atoms with Gasteiger partial charge >= 0.3 is 6.09 Å². The average molecular weight is 338 g/mol. The molecule has 2 rings (SSSR count). The SMILES string of the molecule is CC(C)(C)OC(=O)N1CCC(O)(CNCc2ccc(F)cc2)CC1. The highest BCUT2D eigenvalue weighted by Gasteiger charge is 2.35. The van der Waals surface area contributed by atoms with Gasteiger partial charge in [-0.2, -0.15) is 0 Å². The van der Waals surface area contributed by atoms with Crippen LogP contribution in [0, 0.1) is 5.82 Å². The Morgan fingerprint density at radius 1 is 1.29 bits per heavy atom. The Labute approximate surface area is 142 Å². The van der Waals surface area contributed by atoms with Gasteiger partial charge < -0.3 is 20.1 Å². The number of nitrogens with zero attached hydrogens (tertiary/aromatic N) is 1. The summed E-state index contributed by atoms with van der Waals surface area (Å²) < 4.78 is 18.2. The molecule has 5 nitrogen and oxygen atoms in total. The van der Waals surface area contributed by atoms with Crippen molar-refractivity contribution in [3.05, 3.63) is 35.6 Å². The van der Waals surface area contributed by atoms with Gasteiger partial charge in [0.15, 0.2) is 0 Å². The molecule has 1 aliphatic rings. The molecule has 0 aliphatic carbocycles. The minimum atomic E-state index is -0.835. The Bertz CT molecular complexity index is 546. The van der Waals surface area contributed by atoms with Crippen LogP contribution in [0.3, 0.4) is 0 Å². The van der Waals surface area contributed by atoms with Crippen LogP contribution in [0.5, 0.6) is 0 Å². The van der Waals surface area contributed by atoms with Crippen LogP contribution in [-0.2, 0) is 11.3 Å². The second-order valence-corrected chi connectivity index (χ2v) is 7.42. The van der Waals surface area contributed by atoms with Crippen LogP contribution < -0.4 is 5.32 Å². The summed E-state index contributed by atoms with van der Waals surface area (Å²) in [7, 11) is 0. The van der Waals surface area contributed by atoms with Gasteiger partial charge in [0.1, 0.15) is 11.4 Å². The second kappa shape index (κ2) is 7.49. The van der Waals surface area contributed by atoms with Crippen LogP contribution >= 0.6 is 0 Å². The number of likely N-dealkylation sites (tertiary alicyclic amines) is 1. The first-order valence-electron chi connectivity index (χ1n) is 8.32. The standard InChI is InChI=1S/C18H27FN2O3/c1-17(2,3)24-16(22)21-10-8-18(23,9-11-21)13-20-12-14-4-6-15(19)7-5-14/h4-7,20,23H,8-13H2,1-3H3. The number of carbonyl (C=O) groups is 1. The van der Waals surface area contributed by atoms with Crippen molar-refractivity contribution in [2.75, 3.05) is 19.6 Å². The summed E-state index contributed by atoms with van der Waals surface area (Å²) in [5, 5.41) is 13.8.